The standard InChI is InChI=1S/C15H23N3O2/c1-3-16-14-13(5-4-8-17-14)15(19)18-9-6-12(7-10-18)11-20-2/h4-5,8,12H,3,6-7,9-11H2,1-2H3,(H,16,17). The van der Waals surface area contributed by atoms with Gasteiger partial charge in [0.15, 0.2) is 0 Å². The molecule has 0 aliphatic carbocycles. The topological polar surface area (TPSA) is 54.5 Å². The van der Waals surface area contributed by atoms with Crippen molar-refractivity contribution < 1.29 is 9.53 Å². The number of nitrogens with zero attached hydrogens (tertiary/aromatic N) is 2. The van der Waals surface area contributed by atoms with E-state index in [1.165, 1.54) is 0 Å². The van der Waals surface area contributed by atoms with Crippen LogP contribution >= 0.6 is 0 Å². The van der Waals surface area contributed by atoms with Crippen molar-refractivity contribution in [3.05, 3.63) is 23.9 Å². The number of anilines is 1. The minimum atomic E-state index is 0.0740. The van der Waals surface area contributed by atoms with Gasteiger partial charge >= 0.3 is 0 Å². The van der Waals surface area contributed by atoms with Gasteiger partial charge in [0.2, 0.25) is 0 Å². The van der Waals surface area contributed by atoms with Gasteiger partial charge in [-0.2, -0.15) is 0 Å². The Kier molecular flexibility index (Phi) is 5.35. The van der Waals surface area contributed by atoms with E-state index in [2.05, 4.69) is 10.3 Å². The number of methoxy groups -OCH3 is 1. The van der Waals surface area contributed by atoms with E-state index in [-0.39, 0.29) is 5.91 Å². The number of nitrogens with one attached hydrogen (secondary N) is 1. The molecule has 1 N–H and O–H groups in total. The summed E-state index contributed by atoms with van der Waals surface area (Å²) in [5.41, 5.74) is 0.666. The molecule has 110 valence electrons. The SMILES string of the molecule is CCNc1ncccc1C(=O)N1CCC(COC)CC1. The molecule has 0 saturated carbocycles. The molecule has 5 heteroatoms. The average molecular weight is 277 g/mol. The second kappa shape index (κ2) is 7.24. The first-order valence-corrected chi connectivity index (χ1v) is 7.23. The van der Waals surface area contributed by atoms with E-state index in [4.69, 9.17) is 4.74 Å². The van der Waals surface area contributed by atoms with Crippen molar-refractivity contribution in [3.63, 3.8) is 0 Å². The van der Waals surface area contributed by atoms with Crippen molar-refractivity contribution in [2.24, 2.45) is 5.92 Å². The van der Waals surface area contributed by atoms with Crippen LogP contribution in [0, 0.1) is 5.92 Å². The van der Waals surface area contributed by atoms with Crippen LogP contribution in [0.3, 0.4) is 0 Å². The van der Waals surface area contributed by atoms with Gasteiger partial charge in [0.05, 0.1) is 5.56 Å². The molecule has 0 bridgehead atoms. The largest absolute Gasteiger partial charge is 0.384 e. The molecule has 1 saturated heterocycles. The highest BCUT2D eigenvalue weighted by Gasteiger charge is 2.25. The summed E-state index contributed by atoms with van der Waals surface area (Å²) in [6.07, 6.45) is 3.73. The molecule has 1 aromatic rings. The third-order valence-corrected chi connectivity index (χ3v) is 3.69. The maximum atomic E-state index is 12.6. The van der Waals surface area contributed by atoms with Gasteiger partial charge in [-0.15, -0.1) is 0 Å². The van der Waals surface area contributed by atoms with Crippen LogP contribution in [0.5, 0.6) is 0 Å². The van der Waals surface area contributed by atoms with Crippen LogP contribution in [0.2, 0.25) is 0 Å². The monoisotopic (exact) mass is 277 g/mol. The predicted octanol–water partition coefficient (Wildman–Crippen LogP) is 2.01. The van der Waals surface area contributed by atoms with E-state index in [9.17, 15) is 4.79 Å². The van der Waals surface area contributed by atoms with Crippen LogP contribution in [-0.2, 0) is 4.74 Å². The van der Waals surface area contributed by atoms with Crippen LogP contribution in [0.4, 0.5) is 5.82 Å². The van der Waals surface area contributed by atoms with E-state index in [0.29, 0.717) is 17.3 Å². The molecular formula is C15H23N3O2. The van der Waals surface area contributed by atoms with Gasteiger partial charge in [0, 0.05) is 39.5 Å². The van der Waals surface area contributed by atoms with Gasteiger partial charge < -0.3 is 15.0 Å². The maximum absolute atomic E-state index is 12.6. The number of likely N-dealkylation sites (tertiary alicyclic amines) is 1. The van der Waals surface area contributed by atoms with Crippen molar-refractivity contribution >= 4 is 11.7 Å². The summed E-state index contributed by atoms with van der Waals surface area (Å²) in [5, 5.41) is 3.15. The molecule has 5 nitrogen and oxygen atoms in total. The minimum absolute atomic E-state index is 0.0740. The number of piperidine rings is 1. The Morgan fingerprint density at radius 1 is 1.50 bits per heavy atom. The molecule has 1 aromatic heterocycles. The van der Waals surface area contributed by atoms with Crippen LogP contribution in [0.25, 0.3) is 0 Å². The number of hydrogen-bond acceptors (Lipinski definition) is 4. The quantitative estimate of drug-likeness (QED) is 0.894. The normalized spacial score (nSPS) is 16.2. The van der Waals surface area contributed by atoms with Crippen LogP contribution in [0.15, 0.2) is 18.3 Å². The highest BCUT2D eigenvalue weighted by molar-refractivity contribution is 5.98. The van der Waals surface area contributed by atoms with E-state index in [1.54, 1.807) is 13.3 Å². The Hall–Kier alpha value is -1.62. The van der Waals surface area contributed by atoms with Crippen molar-refractivity contribution in [2.45, 2.75) is 19.8 Å². The van der Waals surface area contributed by atoms with E-state index >= 15 is 0 Å². The van der Waals surface area contributed by atoms with Crippen molar-refractivity contribution in [1.29, 1.82) is 0 Å². The van der Waals surface area contributed by atoms with Crippen molar-refractivity contribution in [3.8, 4) is 0 Å². The molecule has 0 atom stereocenters. The zero-order valence-corrected chi connectivity index (χ0v) is 12.3. The Morgan fingerprint density at radius 3 is 2.90 bits per heavy atom. The fourth-order valence-electron chi connectivity index (χ4n) is 2.59. The maximum Gasteiger partial charge on any atom is 0.257 e. The smallest absolute Gasteiger partial charge is 0.257 e. The van der Waals surface area contributed by atoms with Gasteiger partial charge in [-0.05, 0) is 37.8 Å². The Labute approximate surface area is 120 Å². The van der Waals surface area contributed by atoms with Gasteiger partial charge in [-0.3, -0.25) is 4.79 Å². The molecule has 0 radical (unpaired) electrons. The zero-order chi connectivity index (χ0) is 14.4. The summed E-state index contributed by atoms with van der Waals surface area (Å²) in [6, 6.07) is 3.65. The number of carbonyl (C=O) groups is 1. The second-order valence-electron chi connectivity index (χ2n) is 5.12. The lowest BCUT2D eigenvalue weighted by molar-refractivity contribution is 0.0614. The molecule has 1 fully saturated rings. The van der Waals surface area contributed by atoms with Crippen LogP contribution < -0.4 is 5.32 Å². The van der Waals surface area contributed by atoms with Gasteiger partial charge in [-0.25, -0.2) is 4.98 Å². The number of ether oxygens (including phenoxy) is 1. The first kappa shape index (κ1) is 14.8. The number of carbonyl (C=O) groups excluding carboxylic acids is 1. The number of pyridine rings is 1. The first-order valence-electron chi connectivity index (χ1n) is 7.23. The molecule has 2 rings (SSSR count). The molecular weight excluding hydrogens is 254 g/mol. The summed E-state index contributed by atoms with van der Waals surface area (Å²) in [7, 11) is 1.73. The predicted molar refractivity (Wildman–Crippen MR) is 78.9 cm³/mol. The van der Waals surface area contributed by atoms with Crippen molar-refractivity contribution in [2.75, 3.05) is 38.7 Å². The van der Waals surface area contributed by atoms with Crippen LogP contribution in [0.1, 0.15) is 30.1 Å². The highest BCUT2D eigenvalue weighted by Crippen LogP contribution is 2.21. The van der Waals surface area contributed by atoms with Gasteiger partial charge in [0.25, 0.3) is 5.91 Å². The highest BCUT2D eigenvalue weighted by atomic mass is 16.5. The molecule has 0 spiro atoms. The zero-order valence-electron chi connectivity index (χ0n) is 12.3. The van der Waals surface area contributed by atoms with Crippen molar-refractivity contribution in [1.82, 2.24) is 9.88 Å². The number of aromatic nitrogens is 1. The number of amides is 1. The molecule has 0 unspecified atom stereocenters. The summed E-state index contributed by atoms with van der Waals surface area (Å²) in [5.74, 6) is 1.33. The molecule has 20 heavy (non-hydrogen) atoms. The first-order chi connectivity index (χ1) is 9.76. The third kappa shape index (κ3) is 3.48. The lowest BCUT2D eigenvalue weighted by Crippen LogP contribution is -2.39. The fraction of sp³-hybridized carbons (Fsp3) is 0.600. The second-order valence-corrected chi connectivity index (χ2v) is 5.12. The van der Waals surface area contributed by atoms with E-state index < -0.39 is 0 Å². The molecule has 2 heterocycles. The summed E-state index contributed by atoms with van der Waals surface area (Å²) < 4.78 is 5.19. The van der Waals surface area contributed by atoms with E-state index in [1.807, 2.05) is 24.0 Å². The Morgan fingerprint density at radius 2 is 2.25 bits per heavy atom. The lowest BCUT2D eigenvalue weighted by atomic mass is 9.97. The van der Waals surface area contributed by atoms with Gasteiger partial charge in [0.1, 0.15) is 5.82 Å². The number of rotatable bonds is 5. The van der Waals surface area contributed by atoms with Gasteiger partial charge in [-0.1, -0.05) is 0 Å². The lowest BCUT2D eigenvalue weighted by Gasteiger charge is -2.32. The fourth-order valence-corrected chi connectivity index (χ4v) is 2.59. The average Bonchev–Trinajstić information content (AvgIpc) is 2.49. The van der Waals surface area contributed by atoms with E-state index in [0.717, 1.165) is 39.1 Å². The summed E-state index contributed by atoms with van der Waals surface area (Å²) in [4.78, 5) is 18.7. The molecule has 1 aliphatic rings. The molecule has 1 aliphatic heterocycles. The Balaban J connectivity index is 2.02. The Bertz CT molecular complexity index is 442. The van der Waals surface area contributed by atoms with Crippen LogP contribution in [-0.4, -0.2) is 49.1 Å². The minimum Gasteiger partial charge on any atom is -0.384 e. The molecule has 1 amide bonds. The summed E-state index contributed by atoms with van der Waals surface area (Å²) in [6.45, 7) is 5.14. The number of hydrogen-bond donors (Lipinski definition) is 1. The third-order valence-electron chi connectivity index (χ3n) is 3.69. The molecule has 0 aromatic carbocycles. The summed E-state index contributed by atoms with van der Waals surface area (Å²) >= 11 is 0.